The van der Waals surface area contributed by atoms with Crippen molar-refractivity contribution in [3.05, 3.63) is 48.4 Å². The molecule has 0 atom stereocenters. The second kappa shape index (κ2) is 5.99. The molecular weight excluding hydrogens is 288 g/mol. The van der Waals surface area contributed by atoms with Crippen LogP contribution in [0.15, 0.2) is 42.9 Å². The minimum Gasteiger partial charge on any atom is -0.355 e. The fourth-order valence-electron chi connectivity index (χ4n) is 3.60. The number of fused-ring (bicyclic) bond motifs is 1. The number of anilines is 2. The molecule has 0 radical (unpaired) electrons. The second-order valence-electron chi connectivity index (χ2n) is 6.19. The van der Waals surface area contributed by atoms with Crippen LogP contribution in [0.1, 0.15) is 18.4 Å². The Balaban J connectivity index is 1.42. The van der Waals surface area contributed by atoms with Crippen molar-refractivity contribution in [2.24, 2.45) is 5.92 Å². The summed E-state index contributed by atoms with van der Waals surface area (Å²) in [5.74, 6) is 1.31. The summed E-state index contributed by atoms with van der Waals surface area (Å²) in [6, 6.07) is 8.25. The van der Waals surface area contributed by atoms with Crippen LogP contribution in [-0.4, -0.2) is 35.5 Å². The molecule has 1 amide bonds. The van der Waals surface area contributed by atoms with Gasteiger partial charge in [-0.2, -0.15) is 0 Å². The van der Waals surface area contributed by atoms with Gasteiger partial charge in [-0.1, -0.05) is 18.2 Å². The Kier molecular flexibility index (Phi) is 3.69. The van der Waals surface area contributed by atoms with E-state index in [0.717, 1.165) is 50.4 Å². The summed E-state index contributed by atoms with van der Waals surface area (Å²) < 4.78 is 0. The molecule has 0 aliphatic carbocycles. The molecule has 118 valence electrons. The maximum Gasteiger partial charge on any atom is 0.230 e. The molecule has 5 heteroatoms. The largest absolute Gasteiger partial charge is 0.355 e. The minimum atomic E-state index is 0.120. The monoisotopic (exact) mass is 308 g/mol. The van der Waals surface area contributed by atoms with Crippen molar-refractivity contribution in [1.29, 1.82) is 0 Å². The number of rotatable bonds is 2. The number of carbonyl (C=O) groups is 1. The molecule has 1 aromatic carbocycles. The van der Waals surface area contributed by atoms with Gasteiger partial charge in [0.25, 0.3) is 0 Å². The number of carbonyl (C=O) groups excluding carboxylic acids is 1. The van der Waals surface area contributed by atoms with E-state index in [1.807, 2.05) is 17.0 Å². The second-order valence-corrected chi connectivity index (χ2v) is 6.19. The smallest absolute Gasteiger partial charge is 0.230 e. The van der Waals surface area contributed by atoms with Gasteiger partial charge in [0.1, 0.15) is 5.82 Å². The lowest BCUT2D eigenvalue weighted by atomic mass is 9.95. The van der Waals surface area contributed by atoms with Crippen LogP contribution >= 0.6 is 0 Å². The number of hydrogen-bond acceptors (Lipinski definition) is 4. The minimum absolute atomic E-state index is 0.120. The van der Waals surface area contributed by atoms with Crippen LogP contribution in [0.4, 0.5) is 11.5 Å². The lowest BCUT2D eigenvalue weighted by molar-refractivity contribution is -0.122. The number of hydrogen-bond donors (Lipinski definition) is 0. The van der Waals surface area contributed by atoms with Crippen LogP contribution in [0, 0.1) is 5.92 Å². The third kappa shape index (κ3) is 2.67. The van der Waals surface area contributed by atoms with Crippen LogP contribution in [0.5, 0.6) is 0 Å². The van der Waals surface area contributed by atoms with Gasteiger partial charge in [0.15, 0.2) is 0 Å². The molecule has 0 N–H and O–H groups in total. The van der Waals surface area contributed by atoms with E-state index in [2.05, 4.69) is 27.0 Å². The molecule has 2 aliphatic rings. The van der Waals surface area contributed by atoms with Gasteiger partial charge in [-0.3, -0.25) is 9.78 Å². The van der Waals surface area contributed by atoms with E-state index in [-0.39, 0.29) is 11.8 Å². The first-order valence-corrected chi connectivity index (χ1v) is 8.23. The quantitative estimate of drug-likeness (QED) is 0.854. The molecule has 2 aromatic rings. The zero-order chi connectivity index (χ0) is 15.6. The van der Waals surface area contributed by atoms with E-state index in [4.69, 9.17) is 0 Å². The SMILES string of the molecule is O=C(C1CCN(c2cnccn2)CC1)N1CCc2ccccc21. The number of para-hydroxylation sites is 1. The van der Waals surface area contributed by atoms with Gasteiger partial charge in [0, 0.05) is 43.6 Å². The summed E-state index contributed by atoms with van der Waals surface area (Å²) in [7, 11) is 0. The number of nitrogens with zero attached hydrogens (tertiary/aromatic N) is 4. The average molecular weight is 308 g/mol. The molecule has 23 heavy (non-hydrogen) atoms. The fourth-order valence-corrected chi connectivity index (χ4v) is 3.60. The summed E-state index contributed by atoms with van der Waals surface area (Å²) in [6.45, 7) is 2.55. The zero-order valence-electron chi connectivity index (χ0n) is 13.1. The van der Waals surface area contributed by atoms with Gasteiger partial charge in [-0.25, -0.2) is 4.98 Å². The normalized spacial score (nSPS) is 18.1. The van der Waals surface area contributed by atoms with E-state index in [1.165, 1.54) is 5.56 Å². The summed E-state index contributed by atoms with van der Waals surface area (Å²) in [6.07, 6.45) is 7.93. The summed E-state index contributed by atoms with van der Waals surface area (Å²) in [5, 5.41) is 0. The van der Waals surface area contributed by atoms with Crippen LogP contribution < -0.4 is 9.80 Å². The molecule has 0 unspecified atom stereocenters. The van der Waals surface area contributed by atoms with Crippen LogP contribution in [0.25, 0.3) is 0 Å². The van der Waals surface area contributed by atoms with Crippen LogP contribution in [0.2, 0.25) is 0 Å². The third-order valence-electron chi connectivity index (χ3n) is 4.87. The van der Waals surface area contributed by atoms with Gasteiger partial charge < -0.3 is 9.80 Å². The molecule has 0 bridgehead atoms. The van der Waals surface area contributed by atoms with Gasteiger partial charge in [0.05, 0.1) is 6.20 Å². The summed E-state index contributed by atoms with van der Waals surface area (Å²) in [4.78, 5) is 25.6. The van der Waals surface area contributed by atoms with Gasteiger partial charge in [0.2, 0.25) is 5.91 Å². The molecule has 3 heterocycles. The maximum atomic E-state index is 12.9. The highest BCUT2D eigenvalue weighted by Gasteiger charge is 2.32. The molecule has 0 saturated carbocycles. The van der Waals surface area contributed by atoms with Crippen molar-refractivity contribution in [1.82, 2.24) is 9.97 Å². The molecule has 2 aliphatic heterocycles. The molecule has 1 saturated heterocycles. The van der Waals surface area contributed by atoms with E-state index in [0.29, 0.717) is 0 Å². The third-order valence-corrected chi connectivity index (χ3v) is 4.87. The highest BCUT2D eigenvalue weighted by Crippen LogP contribution is 2.31. The standard InChI is InChI=1S/C18H20N4O/c23-18(22-12-7-14-3-1-2-4-16(14)22)15-5-10-21(11-6-15)17-13-19-8-9-20-17/h1-4,8-9,13,15H,5-7,10-12H2. The Morgan fingerprint density at radius 2 is 1.91 bits per heavy atom. The topological polar surface area (TPSA) is 49.3 Å². The first kappa shape index (κ1) is 14.2. The highest BCUT2D eigenvalue weighted by molar-refractivity contribution is 5.97. The first-order valence-electron chi connectivity index (χ1n) is 8.23. The van der Waals surface area contributed by atoms with Gasteiger partial charge >= 0.3 is 0 Å². The van der Waals surface area contributed by atoms with Gasteiger partial charge in [-0.15, -0.1) is 0 Å². The number of amides is 1. The van der Waals surface area contributed by atoms with Crippen LogP contribution in [0.3, 0.4) is 0 Å². The molecule has 1 aromatic heterocycles. The predicted octanol–water partition coefficient (Wildman–Crippen LogP) is 2.28. The predicted molar refractivity (Wildman–Crippen MR) is 89.5 cm³/mol. The Bertz CT molecular complexity index is 695. The Morgan fingerprint density at radius 1 is 1.09 bits per heavy atom. The van der Waals surface area contributed by atoms with Crippen LogP contribution in [-0.2, 0) is 11.2 Å². The molecule has 5 nitrogen and oxygen atoms in total. The van der Waals surface area contributed by atoms with Gasteiger partial charge in [-0.05, 0) is 30.9 Å². The van der Waals surface area contributed by atoms with Crippen molar-refractivity contribution < 1.29 is 4.79 Å². The molecule has 4 rings (SSSR count). The van der Waals surface area contributed by atoms with Crippen molar-refractivity contribution >= 4 is 17.4 Å². The number of piperidine rings is 1. The number of benzene rings is 1. The Labute approximate surface area is 136 Å². The van der Waals surface area contributed by atoms with Crippen molar-refractivity contribution in [3.8, 4) is 0 Å². The van der Waals surface area contributed by atoms with E-state index in [1.54, 1.807) is 18.6 Å². The van der Waals surface area contributed by atoms with Crippen molar-refractivity contribution in [2.45, 2.75) is 19.3 Å². The van der Waals surface area contributed by atoms with Crippen molar-refractivity contribution in [2.75, 3.05) is 29.4 Å². The Hall–Kier alpha value is -2.43. The summed E-state index contributed by atoms with van der Waals surface area (Å²) in [5.41, 5.74) is 2.40. The van der Waals surface area contributed by atoms with E-state index < -0.39 is 0 Å². The molecule has 1 fully saturated rings. The lowest BCUT2D eigenvalue weighted by Crippen LogP contribution is -2.42. The zero-order valence-corrected chi connectivity index (χ0v) is 13.1. The molecular formula is C18H20N4O. The maximum absolute atomic E-state index is 12.9. The Morgan fingerprint density at radius 3 is 2.70 bits per heavy atom. The van der Waals surface area contributed by atoms with E-state index >= 15 is 0 Å². The average Bonchev–Trinajstić information content (AvgIpc) is 3.06. The highest BCUT2D eigenvalue weighted by atomic mass is 16.2. The van der Waals surface area contributed by atoms with E-state index in [9.17, 15) is 4.79 Å². The van der Waals surface area contributed by atoms with Crippen molar-refractivity contribution in [3.63, 3.8) is 0 Å². The molecule has 0 spiro atoms. The lowest BCUT2D eigenvalue weighted by Gasteiger charge is -2.33. The summed E-state index contributed by atoms with van der Waals surface area (Å²) >= 11 is 0. The number of aromatic nitrogens is 2. The first-order chi connectivity index (χ1) is 11.3. The fraction of sp³-hybridized carbons (Fsp3) is 0.389.